The number of hydrogen-bond donors (Lipinski definition) is 2. The van der Waals surface area contributed by atoms with E-state index in [4.69, 9.17) is 0 Å². The van der Waals surface area contributed by atoms with Crippen LogP contribution in [0.3, 0.4) is 0 Å². The Morgan fingerprint density at radius 1 is 0.744 bits per heavy atom. The molecule has 0 saturated heterocycles. The van der Waals surface area contributed by atoms with Crippen LogP contribution in [0.15, 0.2) is 46.6 Å². The summed E-state index contributed by atoms with van der Waals surface area (Å²) in [4.78, 5) is 0. The molecule has 1 saturated carbocycles. The highest BCUT2D eigenvalue weighted by molar-refractivity contribution is 5.36. The molecule has 0 spiro atoms. The van der Waals surface area contributed by atoms with Gasteiger partial charge in [-0.15, -0.1) is 0 Å². The van der Waals surface area contributed by atoms with E-state index in [0.717, 1.165) is 43.9 Å². The largest absolute Gasteiger partial charge is 0.396 e. The van der Waals surface area contributed by atoms with Gasteiger partial charge in [-0.3, -0.25) is 0 Å². The minimum Gasteiger partial charge on any atom is -0.396 e. The van der Waals surface area contributed by atoms with Crippen LogP contribution in [0.2, 0.25) is 0 Å². The molecule has 1 fully saturated rings. The standard InChI is InChI=1S/C37H62O2/c1-27(2)14-9-10-16-31-24-37(7,8)25-32(34(31)39)18-13-17-30-23-36(5,6)22-29(33(30)28-19-20-28)15-11-12-21-35(3,4)26-38/h22-25,27-28,33-34,38-39H,9-21,26H2,1-8H3. The predicted molar refractivity (Wildman–Crippen MR) is 169 cm³/mol. The van der Waals surface area contributed by atoms with Gasteiger partial charge in [-0.2, -0.15) is 0 Å². The maximum Gasteiger partial charge on any atom is 0.0961 e. The number of unbranched alkanes of at least 4 members (excludes halogenated alkanes) is 2. The molecule has 222 valence electrons. The zero-order chi connectivity index (χ0) is 28.8. The quantitative estimate of drug-likeness (QED) is 0.152. The SMILES string of the molecule is CC(C)CCCCC1=CC(C)(C)C=C(CCCC2=CC(C)(C)C=C(CCCCC(C)(C)CO)C2C2CC2)C1O. The van der Waals surface area contributed by atoms with Gasteiger partial charge in [-0.1, -0.05) is 110 Å². The Labute approximate surface area is 242 Å². The zero-order valence-electron chi connectivity index (χ0n) is 26.9. The fourth-order valence-corrected chi connectivity index (χ4v) is 7.11. The monoisotopic (exact) mass is 538 g/mol. The van der Waals surface area contributed by atoms with E-state index in [9.17, 15) is 10.2 Å². The van der Waals surface area contributed by atoms with E-state index in [2.05, 4.69) is 79.7 Å². The van der Waals surface area contributed by atoms with Crippen LogP contribution in [-0.4, -0.2) is 22.9 Å². The fourth-order valence-electron chi connectivity index (χ4n) is 7.11. The molecule has 39 heavy (non-hydrogen) atoms. The number of rotatable bonds is 16. The van der Waals surface area contributed by atoms with Crippen molar-refractivity contribution in [3.63, 3.8) is 0 Å². The molecule has 0 aromatic carbocycles. The van der Waals surface area contributed by atoms with Crippen molar-refractivity contribution in [3.8, 4) is 0 Å². The summed E-state index contributed by atoms with van der Waals surface area (Å²) in [6, 6.07) is 0. The molecule has 2 nitrogen and oxygen atoms in total. The van der Waals surface area contributed by atoms with Crippen molar-refractivity contribution in [2.45, 2.75) is 145 Å². The van der Waals surface area contributed by atoms with Gasteiger partial charge in [-0.05, 0) is 92.6 Å². The molecule has 0 radical (unpaired) electrons. The zero-order valence-corrected chi connectivity index (χ0v) is 26.9. The number of hydrogen-bond acceptors (Lipinski definition) is 2. The molecule has 3 aliphatic rings. The molecule has 0 heterocycles. The van der Waals surface area contributed by atoms with Gasteiger partial charge >= 0.3 is 0 Å². The molecule has 3 rings (SSSR count). The molecule has 2 unspecified atom stereocenters. The number of aliphatic hydroxyl groups excluding tert-OH is 2. The molecule has 3 aliphatic carbocycles. The van der Waals surface area contributed by atoms with Gasteiger partial charge in [-0.25, -0.2) is 0 Å². The summed E-state index contributed by atoms with van der Waals surface area (Å²) in [7, 11) is 0. The lowest BCUT2D eigenvalue weighted by Crippen LogP contribution is -2.24. The van der Waals surface area contributed by atoms with Crippen molar-refractivity contribution in [3.05, 3.63) is 46.6 Å². The summed E-state index contributed by atoms with van der Waals surface area (Å²) in [5.41, 5.74) is 6.06. The van der Waals surface area contributed by atoms with Crippen LogP contribution >= 0.6 is 0 Å². The van der Waals surface area contributed by atoms with E-state index in [1.165, 1.54) is 62.5 Å². The van der Waals surface area contributed by atoms with Crippen LogP contribution in [-0.2, 0) is 0 Å². The molecule has 0 amide bonds. The van der Waals surface area contributed by atoms with Gasteiger partial charge in [0.05, 0.1) is 6.10 Å². The summed E-state index contributed by atoms with van der Waals surface area (Å²) in [6.45, 7) is 18.6. The van der Waals surface area contributed by atoms with Crippen LogP contribution < -0.4 is 0 Å². The Hall–Kier alpha value is -1.12. The third-order valence-electron chi connectivity index (χ3n) is 9.25. The summed E-state index contributed by atoms with van der Waals surface area (Å²) in [5.74, 6) is 2.24. The minimum absolute atomic E-state index is 0.0328. The van der Waals surface area contributed by atoms with Crippen molar-refractivity contribution in [2.75, 3.05) is 6.61 Å². The molecule has 2 N–H and O–H groups in total. The predicted octanol–water partition coefficient (Wildman–Crippen LogP) is 10.1. The van der Waals surface area contributed by atoms with Crippen LogP contribution in [0.25, 0.3) is 0 Å². The lowest BCUT2D eigenvalue weighted by atomic mass is 9.71. The van der Waals surface area contributed by atoms with Crippen molar-refractivity contribution >= 4 is 0 Å². The Balaban J connectivity index is 1.59. The first kappa shape index (κ1) is 32.4. The lowest BCUT2D eigenvalue weighted by molar-refractivity contribution is 0.147. The average molecular weight is 539 g/mol. The minimum atomic E-state index is -0.383. The highest BCUT2D eigenvalue weighted by atomic mass is 16.3. The van der Waals surface area contributed by atoms with Crippen LogP contribution in [0, 0.1) is 34.0 Å². The molecular formula is C37H62O2. The van der Waals surface area contributed by atoms with Crippen molar-refractivity contribution in [1.82, 2.24) is 0 Å². The van der Waals surface area contributed by atoms with Gasteiger partial charge in [0.15, 0.2) is 0 Å². The topological polar surface area (TPSA) is 40.5 Å². The van der Waals surface area contributed by atoms with Crippen molar-refractivity contribution in [2.24, 2.45) is 34.0 Å². The van der Waals surface area contributed by atoms with Crippen LogP contribution in [0.5, 0.6) is 0 Å². The Morgan fingerprint density at radius 3 is 1.72 bits per heavy atom. The van der Waals surface area contributed by atoms with E-state index in [1.54, 1.807) is 11.1 Å². The van der Waals surface area contributed by atoms with E-state index in [1.807, 2.05) is 0 Å². The average Bonchev–Trinajstić information content (AvgIpc) is 3.66. The Bertz CT molecular complexity index is 919. The van der Waals surface area contributed by atoms with Crippen molar-refractivity contribution < 1.29 is 10.2 Å². The number of aliphatic hydroxyl groups is 2. The van der Waals surface area contributed by atoms with E-state index >= 15 is 0 Å². The fraction of sp³-hybridized carbons (Fsp3) is 0.784. The first-order valence-corrected chi connectivity index (χ1v) is 16.4. The van der Waals surface area contributed by atoms with Gasteiger partial charge in [0.2, 0.25) is 0 Å². The normalized spacial score (nSPS) is 24.8. The first-order chi connectivity index (χ1) is 18.2. The molecule has 0 bridgehead atoms. The van der Waals surface area contributed by atoms with Gasteiger partial charge in [0, 0.05) is 23.4 Å². The maximum absolute atomic E-state index is 11.3. The molecule has 2 atom stereocenters. The maximum atomic E-state index is 11.3. The summed E-state index contributed by atoms with van der Waals surface area (Å²) in [6.07, 6.45) is 25.0. The highest BCUT2D eigenvalue weighted by Crippen LogP contribution is 2.51. The summed E-state index contributed by atoms with van der Waals surface area (Å²) < 4.78 is 0. The third kappa shape index (κ3) is 10.3. The molecule has 0 aromatic heterocycles. The second-order valence-corrected chi connectivity index (χ2v) is 15.8. The Kier molecular flexibility index (Phi) is 11.4. The molecule has 2 heteroatoms. The van der Waals surface area contributed by atoms with Crippen molar-refractivity contribution in [1.29, 1.82) is 0 Å². The molecular weight excluding hydrogens is 476 g/mol. The molecule has 0 aromatic rings. The third-order valence-corrected chi connectivity index (χ3v) is 9.25. The first-order valence-electron chi connectivity index (χ1n) is 16.4. The van der Waals surface area contributed by atoms with E-state index < -0.39 is 0 Å². The Morgan fingerprint density at radius 2 is 1.21 bits per heavy atom. The van der Waals surface area contributed by atoms with Gasteiger partial charge in [0.25, 0.3) is 0 Å². The van der Waals surface area contributed by atoms with E-state index in [-0.39, 0.29) is 29.0 Å². The van der Waals surface area contributed by atoms with Gasteiger partial charge < -0.3 is 10.2 Å². The highest BCUT2D eigenvalue weighted by Gasteiger charge is 2.39. The molecule has 0 aliphatic heterocycles. The van der Waals surface area contributed by atoms with Crippen LogP contribution in [0.4, 0.5) is 0 Å². The number of allylic oxidation sites excluding steroid dienone is 6. The van der Waals surface area contributed by atoms with Crippen LogP contribution in [0.1, 0.15) is 139 Å². The van der Waals surface area contributed by atoms with Gasteiger partial charge in [0.1, 0.15) is 0 Å². The summed E-state index contributed by atoms with van der Waals surface area (Å²) >= 11 is 0. The van der Waals surface area contributed by atoms with E-state index in [0.29, 0.717) is 5.92 Å². The smallest absolute Gasteiger partial charge is 0.0961 e. The lowest BCUT2D eigenvalue weighted by Gasteiger charge is -2.35. The summed E-state index contributed by atoms with van der Waals surface area (Å²) in [5, 5.41) is 20.9. The second-order valence-electron chi connectivity index (χ2n) is 15.8. The second kappa shape index (κ2) is 13.7.